The average molecular weight is 291 g/mol. The molecule has 100 valence electrons. The van der Waals surface area contributed by atoms with E-state index in [2.05, 4.69) is 4.74 Å². The van der Waals surface area contributed by atoms with Gasteiger partial charge in [-0.15, -0.1) is 0 Å². The summed E-state index contributed by atoms with van der Waals surface area (Å²) in [6.45, 7) is 3.80. The first-order valence-corrected chi connectivity index (χ1v) is 6.41. The lowest BCUT2D eigenvalue weighted by molar-refractivity contribution is -0.140. The van der Waals surface area contributed by atoms with Gasteiger partial charge >= 0.3 is 5.97 Å². The van der Waals surface area contributed by atoms with E-state index in [-0.39, 0.29) is 12.1 Å². The first-order chi connectivity index (χ1) is 8.43. The number of carbonyl (C=O) groups excluding carboxylic acids is 1. The van der Waals surface area contributed by atoms with Gasteiger partial charge in [-0.2, -0.15) is 0 Å². The Kier molecular flexibility index (Phi) is 5.76. The van der Waals surface area contributed by atoms with Gasteiger partial charge < -0.3 is 9.47 Å². The third-order valence-electron chi connectivity index (χ3n) is 2.26. The Morgan fingerprint density at radius 2 is 1.83 bits per heavy atom. The summed E-state index contributed by atoms with van der Waals surface area (Å²) in [6.07, 6.45) is 0.836. The number of ether oxygens (including phenoxy) is 2. The van der Waals surface area contributed by atoms with Gasteiger partial charge in [0.15, 0.2) is 5.75 Å². The zero-order valence-electron chi connectivity index (χ0n) is 10.6. The number of methoxy groups -OCH3 is 1. The zero-order chi connectivity index (χ0) is 13.7. The van der Waals surface area contributed by atoms with Crippen LogP contribution >= 0.6 is 23.2 Å². The van der Waals surface area contributed by atoms with Crippen LogP contribution in [0.1, 0.15) is 25.8 Å². The number of benzene rings is 1. The first-order valence-electron chi connectivity index (χ1n) is 5.65. The van der Waals surface area contributed by atoms with Crippen LogP contribution in [-0.2, 0) is 16.0 Å². The largest absolute Gasteiger partial charge is 0.488 e. The summed E-state index contributed by atoms with van der Waals surface area (Å²) in [6, 6.07) is 3.52. The second kappa shape index (κ2) is 6.86. The topological polar surface area (TPSA) is 35.5 Å². The fourth-order valence-electron chi connectivity index (χ4n) is 1.45. The highest BCUT2D eigenvalue weighted by Gasteiger charge is 2.12. The molecule has 0 spiro atoms. The summed E-state index contributed by atoms with van der Waals surface area (Å²) in [5, 5.41) is 0.909. The van der Waals surface area contributed by atoms with Crippen LogP contribution in [-0.4, -0.2) is 19.2 Å². The Morgan fingerprint density at radius 3 is 2.28 bits per heavy atom. The molecule has 0 saturated heterocycles. The van der Waals surface area contributed by atoms with Crippen molar-refractivity contribution in [3.05, 3.63) is 27.7 Å². The second-order valence-electron chi connectivity index (χ2n) is 4.13. The lowest BCUT2D eigenvalue weighted by Crippen LogP contribution is -2.07. The Morgan fingerprint density at radius 1 is 1.28 bits per heavy atom. The van der Waals surface area contributed by atoms with Crippen molar-refractivity contribution in [1.29, 1.82) is 0 Å². The predicted octanol–water partition coefficient (Wildman–Crippen LogP) is 3.89. The molecule has 0 bridgehead atoms. The van der Waals surface area contributed by atoms with Crippen LogP contribution in [0.3, 0.4) is 0 Å². The lowest BCUT2D eigenvalue weighted by atomic mass is 10.1. The molecule has 5 heteroatoms. The molecule has 18 heavy (non-hydrogen) atoms. The summed E-state index contributed by atoms with van der Waals surface area (Å²) < 4.78 is 10.1. The molecule has 1 aromatic carbocycles. The van der Waals surface area contributed by atoms with Crippen LogP contribution in [0.2, 0.25) is 10.0 Å². The molecule has 0 aromatic heterocycles. The van der Waals surface area contributed by atoms with Gasteiger partial charge in [0.05, 0.1) is 23.3 Å². The third-order valence-corrected chi connectivity index (χ3v) is 2.82. The third kappa shape index (κ3) is 4.39. The molecule has 0 unspecified atom stereocenters. The Bertz CT molecular complexity index is 407. The Labute approximate surface area is 117 Å². The number of aryl methyl sites for hydroxylation is 1. The van der Waals surface area contributed by atoms with E-state index in [0.717, 1.165) is 5.56 Å². The van der Waals surface area contributed by atoms with Crippen LogP contribution in [0.5, 0.6) is 5.75 Å². The van der Waals surface area contributed by atoms with Crippen molar-refractivity contribution in [2.45, 2.75) is 32.8 Å². The van der Waals surface area contributed by atoms with E-state index in [1.807, 2.05) is 13.8 Å². The van der Waals surface area contributed by atoms with Gasteiger partial charge in [-0.05, 0) is 38.0 Å². The van der Waals surface area contributed by atoms with Crippen molar-refractivity contribution in [2.75, 3.05) is 7.11 Å². The van der Waals surface area contributed by atoms with Crippen molar-refractivity contribution in [3.8, 4) is 5.75 Å². The molecule has 0 aliphatic rings. The Hall–Kier alpha value is -0.930. The molecule has 0 atom stereocenters. The molecule has 0 heterocycles. The van der Waals surface area contributed by atoms with Gasteiger partial charge in [0.1, 0.15) is 0 Å². The van der Waals surface area contributed by atoms with E-state index in [1.54, 1.807) is 12.1 Å². The fourth-order valence-corrected chi connectivity index (χ4v) is 2.07. The van der Waals surface area contributed by atoms with Gasteiger partial charge in [0, 0.05) is 6.42 Å². The highest BCUT2D eigenvalue weighted by molar-refractivity contribution is 6.37. The highest BCUT2D eigenvalue weighted by atomic mass is 35.5. The van der Waals surface area contributed by atoms with Gasteiger partial charge in [-0.1, -0.05) is 23.2 Å². The molecular formula is C13H16Cl2O3. The summed E-state index contributed by atoms with van der Waals surface area (Å²) in [4.78, 5) is 11.1. The number of rotatable bonds is 5. The quantitative estimate of drug-likeness (QED) is 0.772. The first kappa shape index (κ1) is 15.1. The molecule has 0 amide bonds. The van der Waals surface area contributed by atoms with Crippen LogP contribution in [0.15, 0.2) is 12.1 Å². The molecule has 0 aliphatic carbocycles. The number of halogens is 2. The number of hydrogen-bond donors (Lipinski definition) is 0. The maximum Gasteiger partial charge on any atom is 0.305 e. The zero-order valence-corrected chi connectivity index (χ0v) is 12.1. The summed E-state index contributed by atoms with van der Waals surface area (Å²) in [7, 11) is 1.36. The minimum absolute atomic E-state index is 0.000851. The van der Waals surface area contributed by atoms with Gasteiger partial charge in [-0.3, -0.25) is 4.79 Å². The van der Waals surface area contributed by atoms with Crippen molar-refractivity contribution in [1.82, 2.24) is 0 Å². The smallest absolute Gasteiger partial charge is 0.305 e. The second-order valence-corrected chi connectivity index (χ2v) is 4.95. The summed E-state index contributed by atoms with van der Waals surface area (Å²) in [5.41, 5.74) is 0.881. The summed E-state index contributed by atoms with van der Waals surface area (Å²) >= 11 is 12.2. The predicted molar refractivity (Wildman–Crippen MR) is 72.6 cm³/mol. The standard InChI is InChI=1S/C13H16Cl2O3/c1-8(2)18-13-10(14)6-9(7-11(13)15)4-5-12(16)17-3/h6-8H,4-5H2,1-3H3. The molecule has 1 rings (SSSR count). The van der Waals surface area contributed by atoms with E-state index < -0.39 is 0 Å². The van der Waals surface area contributed by atoms with Gasteiger partial charge in [0.2, 0.25) is 0 Å². The van der Waals surface area contributed by atoms with Crippen molar-refractivity contribution in [3.63, 3.8) is 0 Å². The molecule has 1 aromatic rings. The van der Waals surface area contributed by atoms with E-state index >= 15 is 0 Å². The van der Waals surface area contributed by atoms with E-state index in [9.17, 15) is 4.79 Å². The normalized spacial score (nSPS) is 10.6. The van der Waals surface area contributed by atoms with Crippen molar-refractivity contribution >= 4 is 29.2 Å². The average Bonchev–Trinajstić information content (AvgIpc) is 2.30. The fraction of sp³-hybridized carbons (Fsp3) is 0.462. The van der Waals surface area contributed by atoms with Crippen molar-refractivity contribution < 1.29 is 14.3 Å². The van der Waals surface area contributed by atoms with Crippen LogP contribution in [0.4, 0.5) is 0 Å². The minimum Gasteiger partial charge on any atom is -0.488 e. The van der Waals surface area contributed by atoms with E-state index in [0.29, 0.717) is 28.6 Å². The maximum absolute atomic E-state index is 11.1. The van der Waals surface area contributed by atoms with Crippen LogP contribution in [0.25, 0.3) is 0 Å². The number of esters is 1. The highest BCUT2D eigenvalue weighted by Crippen LogP contribution is 2.35. The van der Waals surface area contributed by atoms with Crippen LogP contribution < -0.4 is 4.74 Å². The van der Waals surface area contributed by atoms with Gasteiger partial charge in [0.25, 0.3) is 0 Å². The Balaban J connectivity index is 2.82. The SMILES string of the molecule is COC(=O)CCc1cc(Cl)c(OC(C)C)c(Cl)c1. The lowest BCUT2D eigenvalue weighted by Gasteiger charge is -2.14. The molecule has 0 fully saturated rings. The molecule has 0 saturated carbocycles. The molecule has 0 aliphatic heterocycles. The minimum atomic E-state index is -0.259. The number of carbonyl (C=O) groups is 1. The monoisotopic (exact) mass is 290 g/mol. The molecule has 0 N–H and O–H groups in total. The maximum atomic E-state index is 11.1. The molecule has 3 nitrogen and oxygen atoms in total. The number of hydrogen-bond acceptors (Lipinski definition) is 3. The molecular weight excluding hydrogens is 275 g/mol. The van der Waals surface area contributed by atoms with E-state index in [1.165, 1.54) is 7.11 Å². The molecule has 0 radical (unpaired) electrons. The van der Waals surface area contributed by atoms with Gasteiger partial charge in [-0.25, -0.2) is 0 Å². The summed E-state index contributed by atoms with van der Waals surface area (Å²) in [5.74, 6) is 0.222. The van der Waals surface area contributed by atoms with Crippen molar-refractivity contribution in [2.24, 2.45) is 0 Å². The van der Waals surface area contributed by atoms with Crippen LogP contribution in [0, 0.1) is 0 Å². The van der Waals surface area contributed by atoms with E-state index in [4.69, 9.17) is 27.9 Å².